The molecule has 8 rings (SSSR count). The number of alkyl halides is 1. The number of β-amino-alcohol motifs (C(OH)–C–C–N with tert-alkyl or cyclic N) is 1. The molecule has 91 heavy (non-hydrogen) atoms. The van der Waals surface area contributed by atoms with E-state index in [9.17, 15) is 48.2 Å². The minimum absolute atomic E-state index is 0.0374. The number of fused-ring (bicyclic) bond motifs is 1. The molecule has 2 aromatic heterocycles. The first-order chi connectivity index (χ1) is 43.7. The summed E-state index contributed by atoms with van der Waals surface area (Å²) in [7, 11) is 1.56. The van der Waals surface area contributed by atoms with Gasteiger partial charge < -0.3 is 79.5 Å². The van der Waals surface area contributed by atoms with Crippen molar-refractivity contribution in [2.24, 2.45) is 5.41 Å². The molecule has 0 spiro atoms. The molecule has 2 aliphatic carbocycles. The molecule has 4 atom stereocenters. The lowest BCUT2D eigenvalue weighted by Crippen LogP contribution is -2.59. The summed E-state index contributed by atoms with van der Waals surface area (Å²) in [5, 5.41) is 39.3. The molecular formula is C64H82FN9O16S. The molecule has 492 valence electrons. The number of aromatic nitrogens is 2. The molecule has 7 amide bonds. The number of aliphatic hydroxyl groups excluding tert-OH is 1. The molecule has 7 N–H and O–H groups in total. The number of likely N-dealkylation sites (tertiary alicyclic amines) is 1. The van der Waals surface area contributed by atoms with Gasteiger partial charge in [-0.25, -0.2) is 9.37 Å². The Bertz CT molecular complexity index is 3310. The minimum atomic E-state index is -2.01. The van der Waals surface area contributed by atoms with Gasteiger partial charge in [-0.2, -0.15) is 0 Å². The van der Waals surface area contributed by atoms with E-state index in [1.54, 1.807) is 51.5 Å². The van der Waals surface area contributed by atoms with Crippen molar-refractivity contribution in [2.45, 2.75) is 103 Å². The molecule has 0 radical (unpaired) electrons. The highest BCUT2D eigenvalue weighted by atomic mass is 32.1. The van der Waals surface area contributed by atoms with E-state index in [2.05, 4.69) is 42.8 Å². The van der Waals surface area contributed by atoms with E-state index in [-0.39, 0.29) is 132 Å². The number of thiazole rings is 1. The van der Waals surface area contributed by atoms with Crippen LogP contribution in [-0.4, -0.2) is 201 Å². The van der Waals surface area contributed by atoms with E-state index in [0.29, 0.717) is 56.5 Å². The van der Waals surface area contributed by atoms with E-state index in [1.165, 1.54) is 44.9 Å². The quantitative estimate of drug-likeness (QED) is 0.0277. The minimum Gasteiger partial charge on any atom is -0.507 e. The van der Waals surface area contributed by atoms with Gasteiger partial charge in [0.05, 0.1) is 99.9 Å². The van der Waals surface area contributed by atoms with Crippen molar-refractivity contribution in [3.63, 3.8) is 0 Å². The number of halogens is 1. The first kappa shape index (κ1) is 69.0. The number of aryl methyl sites for hydroxylation is 2. The van der Waals surface area contributed by atoms with E-state index >= 15 is 0 Å². The molecule has 3 heterocycles. The first-order valence-corrected chi connectivity index (χ1v) is 31.4. The van der Waals surface area contributed by atoms with Crippen molar-refractivity contribution in [3.8, 4) is 33.3 Å². The second-order valence-electron chi connectivity index (χ2n) is 23.5. The lowest BCUT2D eigenvalue weighted by molar-refractivity contribution is -0.145. The number of benzene rings is 3. The Labute approximate surface area is 531 Å². The Balaban J connectivity index is 0.620. The van der Waals surface area contributed by atoms with Crippen LogP contribution < -0.4 is 31.3 Å². The number of hydrogen-bond acceptors (Lipinski definition) is 19. The number of carbonyl (C=O) groups excluding carboxylic acids is 7. The number of rotatable bonds is 35. The van der Waals surface area contributed by atoms with Gasteiger partial charge in [0.15, 0.2) is 23.7 Å². The number of hydrogen-bond donors (Lipinski definition) is 7. The van der Waals surface area contributed by atoms with Crippen LogP contribution in [0.1, 0.15) is 102 Å². The van der Waals surface area contributed by atoms with Crippen molar-refractivity contribution in [1.29, 1.82) is 0 Å². The highest BCUT2D eigenvalue weighted by molar-refractivity contribution is 7.13. The van der Waals surface area contributed by atoms with Crippen LogP contribution in [0.15, 0.2) is 76.8 Å². The highest BCUT2D eigenvalue weighted by Crippen LogP contribution is 2.41. The largest absolute Gasteiger partial charge is 0.507 e. The van der Waals surface area contributed by atoms with Crippen LogP contribution in [0.3, 0.4) is 0 Å². The molecule has 2 fully saturated rings. The number of phenolic OH excluding ortho intramolecular Hbond substituents is 1. The van der Waals surface area contributed by atoms with E-state index in [0.717, 1.165) is 34.5 Å². The van der Waals surface area contributed by atoms with Gasteiger partial charge in [-0.1, -0.05) is 68.4 Å². The average Bonchev–Trinajstić information content (AvgIpc) is 1.72. The maximum Gasteiger partial charge on any atom is 0.273 e. The summed E-state index contributed by atoms with van der Waals surface area (Å²) < 4.78 is 53.8. The monoisotopic (exact) mass is 1280 g/mol. The highest BCUT2D eigenvalue weighted by Gasteiger charge is 2.53. The summed E-state index contributed by atoms with van der Waals surface area (Å²) in [4.78, 5) is 99.6. The zero-order chi connectivity index (χ0) is 65.1. The number of phenols is 1. The van der Waals surface area contributed by atoms with E-state index in [1.807, 2.05) is 31.2 Å². The molecule has 3 aliphatic rings. The van der Waals surface area contributed by atoms with Crippen molar-refractivity contribution >= 4 is 52.7 Å². The van der Waals surface area contributed by atoms with Crippen LogP contribution in [0.2, 0.25) is 0 Å². The summed E-state index contributed by atoms with van der Waals surface area (Å²) >= 11 is 1.44. The van der Waals surface area contributed by atoms with Gasteiger partial charge in [0.2, 0.25) is 17.7 Å². The molecule has 25 nitrogen and oxygen atoms in total. The van der Waals surface area contributed by atoms with E-state index < -0.39 is 58.8 Å². The fraction of sp³-hybridized carbons (Fsp3) is 0.516. The predicted octanol–water partition coefficient (Wildman–Crippen LogP) is 4.36. The van der Waals surface area contributed by atoms with E-state index in [4.69, 9.17) is 32.9 Å². The zero-order valence-electron chi connectivity index (χ0n) is 52.0. The smallest absolute Gasteiger partial charge is 0.273 e. The van der Waals surface area contributed by atoms with Gasteiger partial charge in [-0.05, 0) is 72.9 Å². The molecule has 3 aromatic carbocycles. The molecular weight excluding hydrogens is 1200 g/mol. The summed E-state index contributed by atoms with van der Waals surface area (Å²) in [6.45, 7) is 10.0. The summed E-state index contributed by atoms with van der Waals surface area (Å²) in [5.74, 6) is -3.19. The van der Waals surface area contributed by atoms with Crippen LogP contribution in [0.4, 0.5) is 4.39 Å². The maximum absolute atomic E-state index is 14.7. The number of carbonyl (C=O) groups is 7. The third-order valence-electron chi connectivity index (χ3n) is 15.6. The second kappa shape index (κ2) is 32.9. The predicted molar refractivity (Wildman–Crippen MR) is 330 cm³/mol. The SMILES string of the molecule is Cc1ncsc1-c1ccc(CNC(=O)[C@@H]2C[C@@H](O)CN2C(=O)C(NC(=O)C2(F)CC2)C(C)(C)C)c(OCC(=O)NCCOCCOCCOCCOCCOCCC(=O)NCCN(C)C(=O)c2ccc(-c3cc(C(=O)N[C@@H]4CCc5ccccc54)no3)cc2O)c1. The Morgan fingerprint density at radius 3 is 2.18 bits per heavy atom. The Kier molecular flexibility index (Phi) is 24.9. The Hall–Kier alpha value is -7.92. The molecule has 1 saturated carbocycles. The molecule has 1 aliphatic heterocycles. The van der Waals surface area contributed by atoms with Crippen molar-refractivity contribution < 1.29 is 81.1 Å². The van der Waals surface area contributed by atoms with Gasteiger partial charge in [0, 0.05) is 69.8 Å². The maximum atomic E-state index is 14.7. The molecule has 27 heteroatoms. The molecule has 5 aromatic rings. The first-order valence-electron chi connectivity index (χ1n) is 30.5. The van der Waals surface area contributed by atoms with Crippen LogP contribution in [0.5, 0.6) is 11.5 Å². The van der Waals surface area contributed by atoms with Gasteiger partial charge in [0.25, 0.3) is 23.6 Å². The number of likely N-dealkylation sites (N-methyl/N-ethyl adjacent to an activating group) is 1. The summed E-state index contributed by atoms with van der Waals surface area (Å²) in [6.07, 6.45) is 0.901. The Morgan fingerprint density at radius 1 is 0.835 bits per heavy atom. The zero-order valence-corrected chi connectivity index (χ0v) is 52.8. The molecule has 1 saturated heterocycles. The topological polar surface area (TPSA) is 321 Å². The third kappa shape index (κ3) is 19.8. The van der Waals surface area contributed by atoms with Gasteiger partial charge in [-0.3, -0.25) is 33.6 Å². The lowest BCUT2D eigenvalue weighted by Gasteiger charge is -2.35. The number of nitrogens with zero attached hydrogens (tertiary/aromatic N) is 4. The lowest BCUT2D eigenvalue weighted by atomic mass is 9.85. The van der Waals surface area contributed by atoms with Gasteiger partial charge in [0.1, 0.15) is 23.6 Å². The Morgan fingerprint density at radius 2 is 1.51 bits per heavy atom. The van der Waals surface area contributed by atoms with Crippen molar-refractivity contribution in [3.05, 3.63) is 106 Å². The fourth-order valence-electron chi connectivity index (χ4n) is 10.3. The average molecular weight is 1280 g/mol. The van der Waals surface area contributed by atoms with Gasteiger partial charge in [-0.15, -0.1) is 11.3 Å². The number of aliphatic hydroxyl groups is 1. The number of nitrogens with one attached hydrogen (secondary N) is 5. The van der Waals surface area contributed by atoms with Crippen molar-refractivity contribution in [2.75, 3.05) is 106 Å². The standard InChI is InChI=1S/C64H82FN9O16S/c1-40-56(91-39-69-40)43-10-11-44(36-68-59(80)50-34-45(75)37-74(50)61(82)57(63(2,3)4)71-62(83)64(65)17-18-64)52(33-43)89-38-55(78)67-20-23-85-25-27-87-29-31-88-30-28-86-26-24-84-22-16-54(77)66-19-21-73(5)60(81)47-14-12-42(32-51(47)76)53-35-49(72-90-53)58(79)70-48-15-13-41-8-6-7-9-46(41)48/h6-12,14,32-33,35,39,45,48,50,57,75-76H,13,15-31,34,36-38H2,1-5H3,(H,66,77)(H,67,78)(H,68,80)(H,70,79)(H,71,83)/t45-,48-,50+,57?/m1/s1. The van der Waals surface area contributed by atoms with Gasteiger partial charge >= 0.3 is 0 Å². The van der Waals surface area contributed by atoms with Crippen molar-refractivity contribution in [1.82, 2.24) is 46.5 Å². The second-order valence-corrected chi connectivity index (χ2v) is 24.4. The fourth-order valence-corrected chi connectivity index (χ4v) is 11.1. The van der Waals surface area contributed by atoms with Crippen LogP contribution in [0, 0.1) is 12.3 Å². The van der Waals surface area contributed by atoms with Crippen LogP contribution in [-0.2, 0) is 60.6 Å². The summed E-state index contributed by atoms with van der Waals surface area (Å²) in [5.41, 5.74) is 3.91. The number of aromatic hydroxyl groups is 1. The summed E-state index contributed by atoms with van der Waals surface area (Å²) in [6, 6.07) is 17.0. The molecule has 0 bridgehead atoms. The molecule has 1 unspecified atom stereocenters. The number of ether oxygens (including phenoxy) is 6. The third-order valence-corrected chi connectivity index (χ3v) is 16.6. The van der Waals surface area contributed by atoms with Crippen LogP contribution in [0.25, 0.3) is 21.8 Å². The normalized spacial score (nSPS) is 16.8. The number of amides is 7. The van der Waals surface area contributed by atoms with Crippen LogP contribution >= 0.6 is 11.3 Å².